The van der Waals surface area contributed by atoms with E-state index in [4.69, 9.17) is 0 Å². The Morgan fingerprint density at radius 2 is 1.95 bits per heavy atom. The highest BCUT2D eigenvalue weighted by Crippen LogP contribution is 2.38. The first-order chi connectivity index (χ1) is 10.2. The van der Waals surface area contributed by atoms with Crippen LogP contribution in [0.25, 0.3) is 0 Å². The highest BCUT2D eigenvalue weighted by atomic mass is 16.3. The largest absolute Gasteiger partial charge is 0.387 e. The molecular weight excluding hydrogens is 260 g/mol. The monoisotopic (exact) mass is 286 g/mol. The molecule has 1 N–H and O–H groups in total. The Morgan fingerprint density at radius 1 is 1.10 bits per heavy atom. The van der Waals surface area contributed by atoms with Crippen molar-refractivity contribution in [3.05, 3.63) is 35.4 Å². The van der Waals surface area contributed by atoms with E-state index in [0.29, 0.717) is 6.04 Å². The molecule has 2 fully saturated rings. The normalized spacial score (nSPS) is 37.2. The number of fused-ring (bicyclic) bond motifs is 2. The van der Waals surface area contributed by atoms with Crippen molar-refractivity contribution in [1.82, 2.24) is 9.80 Å². The molecule has 0 saturated carbocycles. The van der Waals surface area contributed by atoms with Crippen LogP contribution in [0.1, 0.15) is 36.5 Å². The van der Waals surface area contributed by atoms with Crippen LogP contribution in [0.2, 0.25) is 0 Å². The molecule has 0 bridgehead atoms. The SMILES string of the molecule is CN1CCCC2CN(C3Cc4ccccc4C3O)CCC21. The van der Waals surface area contributed by atoms with Gasteiger partial charge >= 0.3 is 0 Å². The average molecular weight is 286 g/mol. The Bertz CT molecular complexity index is 518. The molecule has 2 heterocycles. The molecule has 3 aliphatic rings. The number of rotatable bonds is 1. The summed E-state index contributed by atoms with van der Waals surface area (Å²) in [5.74, 6) is 0.799. The van der Waals surface area contributed by atoms with Crippen LogP contribution >= 0.6 is 0 Å². The fraction of sp³-hybridized carbons (Fsp3) is 0.667. The van der Waals surface area contributed by atoms with E-state index in [1.807, 2.05) is 6.07 Å². The summed E-state index contributed by atoms with van der Waals surface area (Å²) in [5, 5.41) is 10.7. The van der Waals surface area contributed by atoms with Crippen LogP contribution in [0.4, 0.5) is 0 Å². The van der Waals surface area contributed by atoms with Crippen LogP contribution in [0.15, 0.2) is 24.3 Å². The lowest BCUT2D eigenvalue weighted by Crippen LogP contribution is -2.55. The zero-order valence-corrected chi connectivity index (χ0v) is 12.9. The van der Waals surface area contributed by atoms with Gasteiger partial charge in [-0.25, -0.2) is 0 Å². The third kappa shape index (κ3) is 2.32. The van der Waals surface area contributed by atoms with Gasteiger partial charge in [0.1, 0.15) is 0 Å². The molecule has 3 nitrogen and oxygen atoms in total. The van der Waals surface area contributed by atoms with E-state index < -0.39 is 0 Å². The van der Waals surface area contributed by atoms with Crippen LogP contribution in [-0.2, 0) is 6.42 Å². The average Bonchev–Trinajstić information content (AvgIpc) is 2.85. The van der Waals surface area contributed by atoms with Crippen molar-refractivity contribution in [3.63, 3.8) is 0 Å². The molecule has 2 saturated heterocycles. The molecule has 0 spiro atoms. The second kappa shape index (κ2) is 5.38. The number of aliphatic hydroxyl groups is 1. The summed E-state index contributed by atoms with van der Waals surface area (Å²) >= 11 is 0. The van der Waals surface area contributed by atoms with Crippen molar-refractivity contribution >= 4 is 0 Å². The summed E-state index contributed by atoms with van der Waals surface area (Å²) in [6, 6.07) is 9.50. The Labute approximate surface area is 127 Å². The van der Waals surface area contributed by atoms with Gasteiger partial charge in [0, 0.05) is 25.2 Å². The predicted molar refractivity (Wildman–Crippen MR) is 84.2 cm³/mol. The van der Waals surface area contributed by atoms with Crippen molar-refractivity contribution in [2.75, 3.05) is 26.7 Å². The number of piperidine rings is 2. The Hall–Kier alpha value is -0.900. The topological polar surface area (TPSA) is 26.7 Å². The minimum Gasteiger partial charge on any atom is -0.387 e. The summed E-state index contributed by atoms with van der Waals surface area (Å²) < 4.78 is 0. The maximum absolute atomic E-state index is 10.7. The first kappa shape index (κ1) is 13.7. The van der Waals surface area contributed by atoms with Gasteiger partial charge in [-0.2, -0.15) is 0 Å². The smallest absolute Gasteiger partial charge is 0.0951 e. The lowest BCUT2D eigenvalue weighted by Gasteiger charge is -2.48. The summed E-state index contributed by atoms with van der Waals surface area (Å²) in [4.78, 5) is 5.14. The van der Waals surface area contributed by atoms with E-state index in [-0.39, 0.29) is 6.10 Å². The van der Waals surface area contributed by atoms with Crippen molar-refractivity contribution in [3.8, 4) is 0 Å². The second-order valence-corrected chi connectivity index (χ2v) is 7.15. The molecule has 3 heteroatoms. The summed E-state index contributed by atoms with van der Waals surface area (Å²) in [6.45, 7) is 3.57. The van der Waals surface area contributed by atoms with Gasteiger partial charge in [0.25, 0.3) is 0 Å². The van der Waals surface area contributed by atoms with Gasteiger partial charge in [0.2, 0.25) is 0 Å². The van der Waals surface area contributed by atoms with E-state index in [0.717, 1.165) is 30.5 Å². The quantitative estimate of drug-likeness (QED) is 0.856. The standard InChI is InChI=1S/C18H26N2O/c1-19-9-4-6-14-12-20(10-8-16(14)19)17-11-13-5-2-3-7-15(13)18(17)21/h2-3,5,7,14,16-18,21H,4,6,8-12H2,1H3. The van der Waals surface area contributed by atoms with Gasteiger partial charge in [0.15, 0.2) is 0 Å². The molecule has 4 rings (SSSR count). The number of aliphatic hydroxyl groups excluding tert-OH is 1. The number of nitrogens with zero attached hydrogens (tertiary/aromatic N) is 2. The van der Waals surface area contributed by atoms with Gasteiger partial charge < -0.3 is 10.0 Å². The summed E-state index contributed by atoms with van der Waals surface area (Å²) in [5.41, 5.74) is 2.50. The van der Waals surface area contributed by atoms with E-state index in [2.05, 4.69) is 35.0 Å². The lowest BCUT2D eigenvalue weighted by molar-refractivity contribution is -0.0118. The van der Waals surface area contributed by atoms with Crippen molar-refractivity contribution in [1.29, 1.82) is 0 Å². The summed E-state index contributed by atoms with van der Waals surface area (Å²) in [6.07, 6.45) is 4.69. The number of likely N-dealkylation sites (tertiary alicyclic amines) is 2. The van der Waals surface area contributed by atoms with Gasteiger partial charge in [-0.3, -0.25) is 4.90 Å². The zero-order chi connectivity index (χ0) is 14.4. The highest BCUT2D eigenvalue weighted by molar-refractivity contribution is 5.36. The van der Waals surface area contributed by atoms with Crippen LogP contribution in [-0.4, -0.2) is 53.7 Å². The molecular formula is C18H26N2O. The van der Waals surface area contributed by atoms with E-state index in [1.165, 1.54) is 37.9 Å². The molecule has 4 unspecified atom stereocenters. The third-order valence-electron chi connectivity index (χ3n) is 6.01. The summed E-state index contributed by atoms with van der Waals surface area (Å²) in [7, 11) is 2.28. The molecule has 0 aromatic heterocycles. The number of benzene rings is 1. The van der Waals surface area contributed by atoms with Crippen LogP contribution in [0.3, 0.4) is 0 Å². The predicted octanol–water partition coefficient (Wildman–Crippen LogP) is 2.06. The maximum Gasteiger partial charge on any atom is 0.0951 e. The van der Waals surface area contributed by atoms with E-state index in [9.17, 15) is 5.11 Å². The second-order valence-electron chi connectivity index (χ2n) is 7.15. The number of hydrogen-bond acceptors (Lipinski definition) is 3. The first-order valence-electron chi connectivity index (χ1n) is 8.44. The molecule has 21 heavy (non-hydrogen) atoms. The molecule has 0 amide bonds. The van der Waals surface area contributed by atoms with Gasteiger partial charge in [-0.15, -0.1) is 0 Å². The van der Waals surface area contributed by atoms with Crippen LogP contribution in [0.5, 0.6) is 0 Å². The van der Waals surface area contributed by atoms with Crippen molar-refractivity contribution in [2.24, 2.45) is 5.92 Å². The van der Waals surface area contributed by atoms with Crippen LogP contribution < -0.4 is 0 Å². The van der Waals surface area contributed by atoms with Gasteiger partial charge in [-0.05, 0) is 56.3 Å². The highest BCUT2D eigenvalue weighted by Gasteiger charge is 2.40. The molecule has 1 aromatic rings. The van der Waals surface area contributed by atoms with Gasteiger partial charge in [-0.1, -0.05) is 24.3 Å². The number of hydrogen-bond donors (Lipinski definition) is 1. The van der Waals surface area contributed by atoms with Crippen molar-refractivity contribution < 1.29 is 5.11 Å². The maximum atomic E-state index is 10.7. The molecule has 0 radical (unpaired) electrons. The minimum absolute atomic E-state index is 0.293. The fourth-order valence-corrected chi connectivity index (χ4v) is 4.86. The van der Waals surface area contributed by atoms with E-state index in [1.54, 1.807) is 0 Å². The van der Waals surface area contributed by atoms with Gasteiger partial charge in [0.05, 0.1) is 6.10 Å². The first-order valence-corrected chi connectivity index (χ1v) is 8.44. The van der Waals surface area contributed by atoms with Crippen molar-refractivity contribution in [2.45, 2.75) is 43.9 Å². The Balaban J connectivity index is 1.49. The Morgan fingerprint density at radius 3 is 2.81 bits per heavy atom. The molecule has 2 aliphatic heterocycles. The van der Waals surface area contributed by atoms with Crippen LogP contribution in [0, 0.1) is 5.92 Å². The zero-order valence-electron chi connectivity index (χ0n) is 12.9. The lowest BCUT2D eigenvalue weighted by atomic mass is 9.83. The molecule has 1 aliphatic carbocycles. The van der Waals surface area contributed by atoms with E-state index >= 15 is 0 Å². The molecule has 4 atom stereocenters. The molecule has 1 aromatic carbocycles. The third-order valence-corrected chi connectivity index (χ3v) is 6.01. The fourth-order valence-electron chi connectivity index (χ4n) is 4.86. The molecule has 114 valence electrons. The Kier molecular flexibility index (Phi) is 3.52. The minimum atomic E-state index is -0.293.